The topological polar surface area (TPSA) is 45.9 Å². The third-order valence-electron chi connectivity index (χ3n) is 2.44. The van der Waals surface area contributed by atoms with E-state index in [1.54, 1.807) is 12.3 Å². The molecular weight excluding hydrogens is 228 g/mol. The molecule has 0 unspecified atom stereocenters. The summed E-state index contributed by atoms with van der Waals surface area (Å²) in [5, 5.41) is 8.98. The maximum atomic E-state index is 8.70. The Morgan fingerprint density at radius 2 is 1.88 bits per heavy atom. The summed E-state index contributed by atoms with van der Waals surface area (Å²) in [6.45, 7) is 10.7. The zero-order chi connectivity index (χ0) is 13.1. The van der Waals surface area contributed by atoms with Gasteiger partial charge < -0.3 is 4.43 Å². The highest BCUT2D eigenvalue weighted by Crippen LogP contribution is 2.28. The summed E-state index contributed by atoms with van der Waals surface area (Å²) < 4.78 is 6.07. The van der Waals surface area contributed by atoms with Crippen molar-refractivity contribution in [3.05, 3.63) is 29.6 Å². The van der Waals surface area contributed by atoms with Crippen LogP contribution in [0.25, 0.3) is 0 Å². The van der Waals surface area contributed by atoms with Crippen LogP contribution in [0.4, 0.5) is 0 Å². The second-order valence-corrected chi connectivity index (χ2v) is 8.60. The lowest BCUT2D eigenvalue weighted by Crippen LogP contribution is -2.27. The van der Waals surface area contributed by atoms with Crippen LogP contribution in [0.2, 0.25) is 5.04 Å². The largest absolute Gasteiger partial charge is 0.414 e. The molecular formula is C13H20N2OSi. The van der Waals surface area contributed by atoms with Crippen molar-refractivity contribution in [2.75, 3.05) is 0 Å². The number of rotatable bonds is 3. The van der Waals surface area contributed by atoms with E-state index in [9.17, 15) is 0 Å². The normalized spacial score (nSPS) is 12.9. The lowest BCUT2D eigenvalue weighted by molar-refractivity contribution is 0.109. The van der Waals surface area contributed by atoms with Crippen molar-refractivity contribution in [2.45, 2.75) is 45.3 Å². The average Bonchev–Trinajstić information content (AvgIpc) is 2.26. The molecule has 0 aliphatic carbocycles. The molecule has 0 saturated carbocycles. The van der Waals surface area contributed by atoms with Crippen LogP contribution in [0, 0.1) is 11.3 Å². The highest BCUT2D eigenvalue weighted by Gasteiger charge is 2.24. The zero-order valence-corrected chi connectivity index (χ0v) is 12.7. The van der Waals surface area contributed by atoms with Crippen LogP contribution in [-0.2, 0) is 10.0 Å². The van der Waals surface area contributed by atoms with Crippen molar-refractivity contribution in [1.82, 2.24) is 4.98 Å². The number of nitriles is 1. The summed E-state index contributed by atoms with van der Waals surface area (Å²) in [7, 11) is -0.606. The van der Waals surface area contributed by atoms with Crippen LogP contribution < -0.4 is 0 Å². The van der Waals surface area contributed by atoms with Gasteiger partial charge in [-0.25, -0.2) is 4.98 Å². The van der Waals surface area contributed by atoms with Crippen molar-refractivity contribution in [1.29, 1.82) is 5.26 Å². The van der Waals surface area contributed by atoms with Crippen LogP contribution in [0.1, 0.15) is 45.9 Å². The Bertz CT molecular complexity index is 413. The van der Waals surface area contributed by atoms with Gasteiger partial charge in [-0.1, -0.05) is 26.8 Å². The Kier molecular flexibility index (Phi) is 4.07. The van der Waals surface area contributed by atoms with Crippen LogP contribution in [0.3, 0.4) is 0 Å². The first-order valence-electron chi connectivity index (χ1n) is 5.75. The van der Waals surface area contributed by atoms with Gasteiger partial charge in [-0.15, -0.1) is 0 Å². The molecule has 0 bridgehead atoms. The second-order valence-electron chi connectivity index (χ2n) is 5.90. The first-order valence-corrected chi connectivity index (χ1v) is 7.04. The van der Waals surface area contributed by atoms with Gasteiger partial charge in [-0.2, -0.15) is 5.26 Å². The van der Waals surface area contributed by atoms with Crippen molar-refractivity contribution in [3.63, 3.8) is 0 Å². The molecule has 0 aromatic carbocycles. The molecule has 1 aromatic heterocycles. The maximum Gasteiger partial charge on any atom is 0.168 e. The summed E-state index contributed by atoms with van der Waals surface area (Å²) in [5.41, 5.74) is 1.14. The molecule has 4 heteroatoms. The van der Waals surface area contributed by atoms with Crippen LogP contribution in [-0.4, -0.2) is 14.7 Å². The van der Waals surface area contributed by atoms with Crippen molar-refractivity contribution in [2.24, 2.45) is 0 Å². The summed E-state index contributed by atoms with van der Waals surface area (Å²) in [6, 6.07) is 5.67. The van der Waals surface area contributed by atoms with Gasteiger partial charge in [0.15, 0.2) is 9.76 Å². The number of nitrogens with zero attached hydrogens (tertiary/aromatic N) is 2. The smallest absolute Gasteiger partial charge is 0.168 e. The molecule has 0 fully saturated rings. The molecule has 3 nitrogen and oxygen atoms in total. The fourth-order valence-corrected chi connectivity index (χ4v) is 2.26. The first kappa shape index (κ1) is 13.9. The van der Waals surface area contributed by atoms with E-state index in [4.69, 9.17) is 9.69 Å². The van der Waals surface area contributed by atoms with E-state index < -0.39 is 9.76 Å². The fraction of sp³-hybridized carbons (Fsp3) is 0.538. The van der Waals surface area contributed by atoms with Crippen LogP contribution in [0.15, 0.2) is 18.3 Å². The standard InChI is InChI=1S/C13H20N2OSi/c1-12(2,3)17-16-13(4,5)10-6-7-11(8-14)15-9-10/h6-7,9H,17H2,1-5H3. The SMILES string of the molecule is CC(C)(C)[SiH2]OC(C)(C)c1ccc(C#N)nc1. The number of pyridine rings is 1. The van der Waals surface area contributed by atoms with Crippen molar-refractivity contribution < 1.29 is 4.43 Å². The Hall–Kier alpha value is -1.18. The number of hydrogen-bond acceptors (Lipinski definition) is 3. The molecule has 1 rings (SSSR count). The lowest BCUT2D eigenvalue weighted by atomic mass is 10.0. The van der Waals surface area contributed by atoms with Gasteiger partial charge in [0.2, 0.25) is 0 Å². The molecule has 1 aromatic rings. The molecule has 0 amide bonds. The third-order valence-corrected chi connectivity index (χ3v) is 4.17. The van der Waals surface area contributed by atoms with Gasteiger partial charge in [-0.05, 0) is 25.0 Å². The maximum absolute atomic E-state index is 8.70. The Morgan fingerprint density at radius 3 is 2.29 bits per heavy atom. The minimum atomic E-state index is -0.606. The fourth-order valence-electron chi connectivity index (χ4n) is 1.30. The highest BCUT2D eigenvalue weighted by molar-refractivity contribution is 6.31. The van der Waals surface area contributed by atoms with E-state index in [-0.39, 0.29) is 10.6 Å². The van der Waals surface area contributed by atoms with E-state index >= 15 is 0 Å². The molecule has 17 heavy (non-hydrogen) atoms. The molecule has 1 heterocycles. The van der Waals surface area contributed by atoms with E-state index in [1.807, 2.05) is 12.1 Å². The van der Waals surface area contributed by atoms with Crippen LogP contribution >= 0.6 is 0 Å². The molecule has 92 valence electrons. The Labute approximate surface area is 106 Å². The van der Waals surface area contributed by atoms with E-state index in [0.717, 1.165) is 5.56 Å². The summed E-state index contributed by atoms with van der Waals surface area (Å²) >= 11 is 0. The van der Waals surface area contributed by atoms with Gasteiger partial charge in [0.05, 0.1) is 5.60 Å². The van der Waals surface area contributed by atoms with Gasteiger partial charge >= 0.3 is 0 Å². The Morgan fingerprint density at radius 1 is 1.24 bits per heavy atom. The minimum absolute atomic E-state index is 0.275. The summed E-state index contributed by atoms with van der Waals surface area (Å²) in [4.78, 5) is 4.08. The lowest BCUT2D eigenvalue weighted by Gasteiger charge is -2.30. The van der Waals surface area contributed by atoms with Crippen molar-refractivity contribution >= 4 is 9.76 Å². The zero-order valence-electron chi connectivity index (χ0n) is 11.2. The van der Waals surface area contributed by atoms with E-state index in [1.165, 1.54) is 0 Å². The van der Waals surface area contributed by atoms with Crippen molar-refractivity contribution in [3.8, 4) is 6.07 Å². The van der Waals surface area contributed by atoms with Gasteiger partial charge in [0, 0.05) is 11.8 Å². The van der Waals surface area contributed by atoms with Gasteiger partial charge in [0.25, 0.3) is 0 Å². The monoisotopic (exact) mass is 248 g/mol. The number of hydrogen-bond donors (Lipinski definition) is 0. The summed E-state index contributed by atoms with van der Waals surface area (Å²) in [5.74, 6) is 0. The van der Waals surface area contributed by atoms with Gasteiger partial charge in [0.1, 0.15) is 11.8 Å². The average molecular weight is 248 g/mol. The molecule has 0 atom stereocenters. The van der Waals surface area contributed by atoms with Crippen LogP contribution in [0.5, 0.6) is 0 Å². The molecule has 0 radical (unpaired) electrons. The Balaban J connectivity index is 2.79. The first-order chi connectivity index (χ1) is 7.74. The van der Waals surface area contributed by atoms with E-state index in [2.05, 4.69) is 39.6 Å². The molecule has 0 aliphatic heterocycles. The number of aromatic nitrogens is 1. The highest BCUT2D eigenvalue weighted by atomic mass is 28.2. The molecule has 0 saturated heterocycles. The molecule has 0 aliphatic rings. The third kappa shape index (κ3) is 4.29. The molecule has 0 N–H and O–H groups in total. The second kappa shape index (κ2) is 4.99. The van der Waals surface area contributed by atoms with E-state index in [0.29, 0.717) is 5.69 Å². The predicted molar refractivity (Wildman–Crippen MR) is 71.3 cm³/mol. The quantitative estimate of drug-likeness (QED) is 0.772. The minimum Gasteiger partial charge on any atom is -0.414 e. The predicted octanol–water partition coefficient (Wildman–Crippen LogP) is 2.51. The molecule has 0 spiro atoms. The summed E-state index contributed by atoms with van der Waals surface area (Å²) in [6.07, 6.45) is 1.73. The van der Waals surface area contributed by atoms with Gasteiger partial charge in [-0.3, -0.25) is 0 Å².